The van der Waals surface area contributed by atoms with Crippen LogP contribution in [0.15, 0.2) is 11.0 Å². The molecule has 3 heterocycles. The molecule has 6 N–H and O–H groups in total. The Kier molecular flexibility index (Phi) is 4.04. The van der Waals surface area contributed by atoms with Crippen LogP contribution in [0, 0.1) is 17.7 Å². The third-order valence-electron chi connectivity index (χ3n) is 4.13. The second-order valence-corrected chi connectivity index (χ2v) is 5.87. The summed E-state index contributed by atoms with van der Waals surface area (Å²) in [5.41, 5.74) is 2.37. The lowest BCUT2D eigenvalue weighted by atomic mass is 9.93. The van der Waals surface area contributed by atoms with Crippen molar-refractivity contribution in [2.24, 2.45) is 0 Å². The van der Waals surface area contributed by atoms with Crippen molar-refractivity contribution in [3.05, 3.63) is 22.4 Å². The van der Waals surface area contributed by atoms with E-state index in [9.17, 15) is 24.5 Å². The van der Waals surface area contributed by atoms with Crippen molar-refractivity contribution in [1.29, 1.82) is 0 Å². The molecular formula is C15H17FN4O5. The Morgan fingerprint density at radius 1 is 1.60 bits per heavy atom. The van der Waals surface area contributed by atoms with Gasteiger partial charge in [0.15, 0.2) is 23.3 Å². The van der Waals surface area contributed by atoms with E-state index in [0.29, 0.717) is 0 Å². The van der Waals surface area contributed by atoms with Crippen LogP contribution in [-0.2, 0) is 4.74 Å². The van der Waals surface area contributed by atoms with Gasteiger partial charge in [-0.05, 0) is 13.8 Å². The maximum absolute atomic E-state index is 14.2. The van der Waals surface area contributed by atoms with Crippen molar-refractivity contribution in [3.63, 3.8) is 0 Å². The number of nitrogen functional groups attached to an aromatic ring is 1. The van der Waals surface area contributed by atoms with E-state index >= 15 is 0 Å². The van der Waals surface area contributed by atoms with Gasteiger partial charge in [0, 0.05) is 6.20 Å². The molecule has 0 bridgehead atoms. The number of ether oxygens (including phenoxy) is 1. The molecule has 5 atom stereocenters. The highest BCUT2D eigenvalue weighted by molar-refractivity contribution is 5.77. The molecule has 25 heavy (non-hydrogen) atoms. The van der Waals surface area contributed by atoms with Crippen LogP contribution < -0.4 is 11.3 Å². The van der Waals surface area contributed by atoms with Gasteiger partial charge in [0.2, 0.25) is 5.95 Å². The van der Waals surface area contributed by atoms with Crippen LogP contribution in [0.25, 0.3) is 11.0 Å². The molecule has 1 saturated heterocycles. The lowest BCUT2D eigenvalue weighted by Gasteiger charge is -2.26. The van der Waals surface area contributed by atoms with Crippen LogP contribution in [0.5, 0.6) is 0 Å². The Labute approximate surface area is 140 Å². The van der Waals surface area contributed by atoms with Crippen LogP contribution in [0.2, 0.25) is 0 Å². The summed E-state index contributed by atoms with van der Waals surface area (Å²) in [4.78, 5) is 18.0. The van der Waals surface area contributed by atoms with Crippen LogP contribution in [-0.4, -0.2) is 53.8 Å². The summed E-state index contributed by atoms with van der Waals surface area (Å²) in [6.45, 7) is 2.80. The fraction of sp³-hybridized carbons (Fsp3) is 0.467. The number of H-pyrrole nitrogens is 1. The molecule has 9 nitrogen and oxygen atoms in total. The summed E-state index contributed by atoms with van der Waals surface area (Å²) in [7, 11) is 0. The molecule has 1 aliphatic rings. The maximum Gasteiger partial charge on any atom is 0.264 e. The monoisotopic (exact) mass is 352 g/mol. The zero-order valence-electron chi connectivity index (χ0n) is 13.4. The average molecular weight is 352 g/mol. The smallest absolute Gasteiger partial charge is 0.264 e. The summed E-state index contributed by atoms with van der Waals surface area (Å²) in [6.07, 6.45) is -4.43. The third kappa shape index (κ3) is 2.49. The molecule has 2 aromatic rings. The van der Waals surface area contributed by atoms with Gasteiger partial charge in [0.05, 0.1) is 6.10 Å². The van der Waals surface area contributed by atoms with Gasteiger partial charge in [-0.3, -0.25) is 14.3 Å². The molecular weight excluding hydrogens is 335 g/mol. The fourth-order valence-corrected chi connectivity index (χ4v) is 3.02. The van der Waals surface area contributed by atoms with E-state index in [1.54, 1.807) is 0 Å². The quantitative estimate of drug-likeness (QED) is 0.428. The predicted octanol–water partition coefficient (Wildman–Crippen LogP) is -1.16. The van der Waals surface area contributed by atoms with Crippen molar-refractivity contribution in [3.8, 4) is 11.8 Å². The van der Waals surface area contributed by atoms with Crippen molar-refractivity contribution >= 4 is 17.0 Å². The number of aliphatic hydroxyl groups excluding tert-OH is 2. The van der Waals surface area contributed by atoms with Gasteiger partial charge in [-0.2, -0.15) is 4.98 Å². The minimum Gasteiger partial charge on any atom is -0.391 e. The van der Waals surface area contributed by atoms with Gasteiger partial charge < -0.3 is 25.8 Å². The number of aromatic amines is 1. The van der Waals surface area contributed by atoms with Crippen LogP contribution in [0.1, 0.15) is 20.1 Å². The Morgan fingerprint density at radius 2 is 2.28 bits per heavy atom. The van der Waals surface area contributed by atoms with Gasteiger partial charge >= 0.3 is 0 Å². The number of nitrogens with two attached hydrogens (primary N) is 1. The van der Waals surface area contributed by atoms with Crippen molar-refractivity contribution in [2.45, 2.75) is 44.0 Å². The summed E-state index contributed by atoms with van der Waals surface area (Å²) in [5.74, 6) is 3.75. The largest absolute Gasteiger partial charge is 0.391 e. The molecule has 0 aromatic carbocycles. The summed E-state index contributed by atoms with van der Waals surface area (Å²) >= 11 is 0. The second kappa shape index (κ2) is 5.82. The SMILES string of the molecule is CC#CC1(O)[C@@H](O)[C@@H]([C@H](C)O)O[C@H]1n1cc(F)c2c(=O)[nH]c(N)nc21. The van der Waals surface area contributed by atoms with E-state index in [-0.39, 0.29) is 17.0 Å². The topological polar surface area (TPSA) is 147 Å². The lowest BCUT2D eigenvalue weighted by molar-refractivity contribution is -0.0846. The Balaban J connectivity index is 2.25. The van der Waals surface area contributed by atoms with Gasteiger partial charge in [0.25, 0.3) is 5.56 Å². The number of nitrogens with one attached hydrogen (secondary N) is 1. The van der Waals surface area contributed by atoms with Gasteiger partial charge in [-0.25, -0.2) is 4.39 Å². The molecule has 0 aliphatic carbocycles. The van der Waals surface area contributed by atoms with Crippen molar-refractivity contribution < 1.29 is 24.4 Å². The Morgan fingerprint density at radius 3 is 2.88 bits per heavy atom. The number of aromatic nitrogens is 3. The highest BCUT2D eigenvalue weighted by atomic mass is 19.1. The molecule has 134 valence electrons. The van der Waals surface area contributed by atoms with E-state index in [0.717, 1.165) is 10.8 Å². The first kappa shape index (κ1) is 17.4. The molecule has 10 heteroatoms. The summed E-state index contributed by atoms with van der Waals surface area (Å²) < 4.78 is 20.8. The number of rotatable bonds is 2. The van der Waals surface area contributed by atoms with E-state index in [1.165, 1.54) is 13.8 Å². The second-order valence-electron chi connectivity index (χ2n) is 5.87. The first-order valence-corrected chi connectivity index (χ1v) is 7.44. The minimum atomic E-state index is -2.16. The average Bonchev–Trinajstić information content (AvgIpc) is 2.96. The Hall–Kier alpha value is -2.45. The minimum absolute atomic E-state index is 0.182. The highest BCUT2D eigenvalue weighted by Crippen LogP contribution is 2.41. The van der Waals surface area contributed by atoms with E-state index in [1.807, 2.05) is 0 Å². The molecule has 0 radical (unpaired) electrons. The highest BCUT2D eigenvalue weighted by Gasteiger charge is 2.57. The number of nitrogens with zero attached hydrogens (tertiary/aromatic N) is 2. The zero-order chi connectivity index (χ0) is 18.5. The third-order valence-corrected chi connectivity index (χ3v) is 4.13. The molecule has 1 aliphatic heterocycles. The number of hydrogen-bond donors (Lipinski definition) is 5. The zero-order valence-corrected chi connectivity index (χ0v) is 13.4. The number of anilines is 1. The van der Waals surface area contributed by atoms with Crippen LogP contribution >= 0.6 is 0 Å². The van der Waals surface area contributed by atoms with E-state index < -0.39 is 41.5 Å². The number of halogens is 1. The van der Waals surface area contributed by atoms with Gasteiger partial charge in [-0.1, -0.05) is 5.92 Å². The Bertz CT molecular complexity index is 943. The van der Waals surface area contributed by atoms with Crippen LogP contribution in [0.3, 0.4) is 0 Å². The molecule has 0 saturated carbocycles. The first-order chi connectivity index (χ1) is 11.7. The molecule has 2 aromatic heterocycles. The molecule has 0 amide bonds. The van der Waals surface area contributed by atoms with Gasteiger partial charge in [0.1, 0.15) is 17.6 Å². The molecule has 1 fully saturated rings. The maximum atomic E-state index is 14.2. The van der Waals surface area contributed by atoms with Crippen molar-refractivity contribution in [1.82, 2.24) is 14.5 Å². The summed E-state index contributed by atoms with van der Waals surface area (Å²) in [5, 5.41) is 30.6. The number of aliphatic hydroxyl groups is 3. The lowest BCUT2D eigenvalue weighted by Crippen LogP contribution is -2.47. The van der Waals surface area contributed by atoms with Crippen molar-refractivity contribution in [2.75, 3.05) is 5.73 Å². The van der Waals surface area contributed by atoms with E-state index in [2.05, 4.69) is 21.8 Å². The predicted molar refractivity (Wildman–Crippen MR) is 84.7 cm³/mol. The standard InChI is InChI=1S/C15H17FN4O5/c1-3-4-15(24)10(22)9(6(2)21)25-13(15)20-5-7(16)8-11(20)18-14(17)19-12(8)23/h5-6,9-10,13,21-22,24H,1-2H3,(H3,17,18,19,23)/t6-,9+,10-,13+,15?/m0/s1. The summed E-state index contributed by atoms with van der Waals surface area (Å²) in [6, 6.07) is 0. The van der Waals surface area contributed by atoms with E-state index in [4.69, 9.17) is 10.5 Å². The number of hydrogen-bond acceptors (Lipinski definition) is 7. The van der Waals surface area contributed by atoms with Gasteiger partial charge in [-0.15, -0.1) is 5.92 Å². The fourth-order valence-electron chi connectivity index (χ4n) is 3.02. The molecule has 3 rings (SSSR count). The van der Waals surface area contributed by atoms with Crippen LogP contribution in [0.4, 0.5) is 10.3 Å². The normalized spacial score (nSPS) is 30.2. The number of fused-ring (bicyclic) bond motifs is 1. The molecule has 0 spiro atoms. The first-order valence-electron chi connectivity index (χ1n) is 7.44. The molecule has 1 unspecified atom stereocenters.